The van der Waals surface area contributed by atoms with Gasteiger partial charge in [-0.1, -0.05) is 67.7 Å². The number of carbonyl (C=O) groups is 1. The molecule has 0 heterocycles. The topological polar surface area (TPSA) is 41.1 Å². The summed E-state index contributed by atoms with van der Waals surface area (Å²) >= 11 is 23.2. The number of carbonyl (C=O) groups excluding carboxylic acids is 1. The van der Waals surface area contributed by atoms with Crippen LogP contribution in [-0.4, -0.2) is 11.0 Å². The van der Waals surface area contributed by atoms with Gasteiger partial charge < -0.3 is 5.32 Å². The Morgan fingerprint density at radius 3 is 2.00 bits per heavy atom. The third-order valence-corrected chi connectivity index (χ3v) is 4.50. The molecule has 7 heteroatoms. The summed E-state index contributed by atoms with van der Waals surface area (Å²) in [5.41, 5.74) is 2.06. The van der Waals surface area contributed by atoms with E-state index in [1.165, 1.54) is 12.1 Å². The van der Waals surface area contributed by atoms with Gasteiger partial charge in [-0.25, -0.2) is 0 Å². The van der Waals surface area contributed by atoms with Gasteiger partial charge in [-0.15, -0.1) is 0 Å². The highest BCUT2D eigenvalue weighted by Gasteiger charge is 2.15. The van der Waals surface area contributed by atoms with Gasteiger partial charge in [0.15, 0.2) is 5.11 Å². The zero-order valence-electron chi connectivity index (χ0n) is 13.9. The van der Waals surface area contributed by atoms with Crippen LogP contribution in [-0.2, 0) is 5.41 Å². The minimum atomic E-state index is -0.320. The maximum Gasteiger partial charge on any atom is 0.257 e. The SMILES string of the molecule is CC(C)(C)c1ccc(C(=O)NC(=S)Nc2c(Cl)cc(Cl)cc2Cl)cc1. The average molecular weight is 416 g/mol. The molecule has 0 atom stereocenters. The first kappa shape index (κ1) is 20.0. The highest BCUT2D eigenvalue weighted by atomic mass is 35.5. The molecule has 2 aromatic carbocycles. The summed E-state index contributed by atoms with van der Waals surface area (Å²) in [6.07, 6.45) is 0. The lowest BCUT2D eigenvalue weighted by molar-refractivity contribution is 0.0977. The van der Waals surface area contributed by atoms with Crippen molar-refractivity contribution in [3.63, 3.8) is 0 Å². The van der Waals surface area contributed by atoms with Crippen molar-refractivity contribution in [1.82, 2.24) is 5.32 Å². The highest BCUT2D eigenvalue weighted by molar-refractivity contribution is 7.80. The Bertz CT molecular complexity index is 791. The number of rotatable bonds is 2. The molecule has 0 aromatic heterocycles. The van der Waals surface area contributed by atoms with Gasteiger partial charge in [-0.2, -0.15) is 0 Å². The fourth-order valence-corrected chi connectivity index (χ4v) is 3.21. The predicted octanol–water partition coefficient (Wildman–Crippen LogP) is 6.07. The van der Waals surface area contributed by atoms with Crippen LogP contribution in [0.25, 0.3) is 0 Å². The molecule has 3 nitrogen and oxygen atoms in total. The van der Waals surface area contributed by atoms with Crippen molar-refractivity contribution in [1.29, 1.82) is 0 Å². The Balaban J connectivity index is 2.07. The number of amides is 1. The van der Waals surface area contributed by atoms with Crippen LogP contribution in [0, 0.1) is 0 Å². The molecule has 0 aliphatic heterocycles. The van der Waals surface area contributed by atoms with E-state index in [1.54, 1.807) is 12.1 Å². The van der Waals surface area contributed by atoms with Crippen LogP contribution in [0.15, 0.2) is 36.4 Å². The van der Waals surface area contributed by atoms with Crippen molar-refractivity contribution >= 4 is 63.7 Å². The number of halogens is 3. The minimum Gasteiger partial charge on any atom is -0.330 e. The van der Waals surface area contributed by atoms with E-state index in [0.717, 1.165) is 5.56 Å². The lowest BCUT2D eigenvalue weighted by Gasteiger charge is -2.19. The summed E-state index contributed by atoms with van der Waals surface area (Å²) in [7, 11) is 0. The van der Waals surface area contributed by atoms with Gasteiger partial charge in [0.25, 0.3) is 5.91 Å². The molecule has 1 amide bonds. The second kappa shape index (κ2) is 7.92. The van der Waals surface area contributed by atoms with Gasteiger partial charge >= 0.3 is 0 Å². The zero-order chi connectivity index (χ0) is 18.8. The van der Waals surface area contributed by atoms with Crippen LogP contribution in [0.4, 0.5) is 5.69 Å². The highest BCUT2D eigenvalue weighted by Crippen LogP contribution is 2.33. The third kappa shape index (κ3) is 5.32. The van der Waals surface area contributed by atoms with Crippen LogP contribution in [0.5, 0.6) is 0 Å². The molecule has 0 radical (unpaired) electrons. The van der Waals surface area contributed by atoms with Gasteiger partial charge in [-0.3, -0.25) is 10.1 Å². The van der Waals surface area contributed by atoms with Gasteiger partial charge in [0.1, 0.15) is 0 Å². The van der Waals surface area contributed by atoms with Crippen molar-refractivity contribution < 1.29 is 4.79 Å². The van der Waals surface area contributed by atoms with Crippen molar-refractivity contribution in [3.05, 3.63) is 62.6 Å². The Morgan fingerprint density at radius 1 is 1.00 bits per heavy atom. The van der Waals surface area contributed by atoms with E-state index in [9.17, 15) is 4.79 Å². The Hall–Kier alpha value is -1.33. The Labute approximate surface area is 167 Å². The van der Waals surface area contributed by atoms with Crippen LogP contribution in [0.1, 0.15) is 36.7 Å². The van der Waals surface area contributed by atoms with Gasteiger partial charge in [0.05, 0.1) is 15.7 Å². The van der Waals surface area contributed by atoms with Crippen LogP contribution < -0.4 is 10.6 Å². The summed E-state index contributed by atoms with van der Waals surface area (Å²) in [5, 5.41) is 6.54. The molecular formula is C18H17Cl3N2OS. The van der Waals surface area contributed by atoms with Crippen LogP contribution >= 0.6 is 47.0 Å². The fraction of sp³-hybridized carbons (Fsp3) is 0.222. The number of thiocarbonyl (C=S) groups is 1. The minimum absolute atomic E-state index is 0.0218. The number of hydrogen-bond acceptors (Lipinski definition) is 2. The van der Waals surface area contributed by atoms with E-state index in [-0.39, 0.29) is 16.4 Å². The Kier molecular flexibility index (Phi) is 6.33. The summed E-state index contributed by atoms with van der Waals surface area (Å²) in [4.78, 5) is 12.3. The summed E-state index contributed by atoms with van der Waals surface area (Å²) in [6.45, 7) is 6.34. The van der Waals surface area contributed by atoms with Crippen molar-refractivity contribution in [2.75, 3.05) is 5.32 Å². The first-order chi connectivity index (χ1) is 11.6. The predicted molar refractivity (Wildman–Crippen MR) is 110 cm³/mol. The standard InChI is InChI=1S/C18H17Cl3N2OS/c1-18(2,3)11-6-4-10(5-7-11)16(24)23-17(25)22-15-13(20)8-12(19)9-14(15)21/h4-9H,1-3H3,(H2,22,23,24,25). The second-order valence-corrected chi connectivity index (χ2v) is 8.14. The van der Waals surface area contributed by atoms with Gasteiger partial charge in [0, 0.05) is 10.6 Å². The molecule has 0 aliphatic carbocycles. The fourth-order valence-electron chi connectivity index (χ4n) is 2.10. The molecule has 0 saturated heterocycles. The quantitative estimate of drug-likeness (QED) is 0.585. The lowest BCUT2D eigenvalue weighted by Crippen LogP contribution is -2.34. The van der Waals surface area contributed by atoms with E-state index in [0.29, 0.717) is 26.3 Å². The maximum atomic E-state index is 12.3. The molecule has 2 aromatic rings. The Morgan fingerprint density at radius 2 is 1.52 bits per heavy atom. The summed E-state index contributed by atoms with van der Waals surface area (Å²) in [6, 6.07) is 10.5. The lowest BCUT2D eigenvalue weighted by atomic mass is 9.87. The number of hydrogen-bond donors (Lipinski definition) is 2. The van der Waals surface area contributed by atoms with Gasteiger partial charge in [0.2, 0.25) is 0 Å². The zero-order valence-corrected chi connectivity index (χ0v) is 17.0. The number of anilines is 1. The first-order valence-corrected chi connectivity index (χ1v) is 8.99. The molecular weight excluding hydrogens is 399 g/mol. The molecule has 132 valence electrons. The van der Waals surface area contributed by atoms with Crippen LogP contribution in [0.2, 0.25) is 15.1 Å². The van der Waals surface area contributed by atoms with Crippen molar-refractivity contribution in [3.8, 4) is 0 Å². The number of nitrogens with one attached hydrogen (secondary N) is 2. The summed E-state index contributed by atoms with van der Waals surface area (Å²) in [5.74, 6) is -0.320. The van der Waals surface area contributed by atoms with E-state index in [2.05, 4.69) is 31.4 Å². The molecule has 25 heavy (non-hydrogen) atoms. The smallest absolute Gasteiger partial charge is 0.257 e. The molecule has 2 rings (SSSR count). The van der Waals surface area contributed by atoms with Crippen molar-refractivity contribution in [2.45, 2.75) is 26.2 Å². The van der Waals surface area contributed by atoms with E-state index >= 15 is 0 Å². The summed E-state index contributed by atoms with van der Waals surface area (Å²) < 4.78 is 0. The second-order valence-electron chi connectivity index (χ2n) is 6.48. The first-order valence-electron chi connectivity index (χ1n) is 7.45. The largest absolute Gasteiger partial charge is 0.330 e. The van der Waals surface area contributed by atoms with Gasteiger partial charge in [-0.05, 0) is 47.5 Å². The molecule has 0 fully saturated rings. The third-order valence-electron chi connectivity index (χ3n) is 3.49. The molecule has 0 aliphatic rings. The van der Waals surface area contributed by atoms with E-state index in [4.69, 9.17) is 47.0 Å². The molecule has 0 spiro atoms. The van der Waals surface area contributed by atoms with E-state index in [1.807, 2.05) is 12.1 Å². The van der Waals surface area contributed by atoms with E-state index < -0.39 is 0 Å². The normalized spacial score (nSPS) is 11.1. The molecule has 0 bridgehead atoms. The average Bonchev–Trinajstić information content (AvgIpc) is 2.50. The van der Waals surface area contributed by atoms with Crippen LogP contribution in [0.3, 0.4) is 0 Å². The van der Waals surface area contributed by atoms with Crippen molar-refractivity contribution in [2.24, 2.45) is 0 Å². The monoisotopic (exact) mass is 414 g/mol. The molecule has 0 saturated carbocycles. The maximum absolute atomic E-state index is 12.3. The number of benzene rings is 2. The molecule has 2 N–H and O–H groups in total. The molecule has 0 unspecified atom stereocenters.